The number of hydrogen-bond donors (Lipinski definition) is 2. The number of aliphatic hydroxyl groups excluding tert-OH is 1. The van der Waals surface area contributed by atoms with Crippen molar-refractivity contribution in [1.82, 2.24) is 9.88 Å². The molecule has 9 heteroatoms. The van der Waals surface area contributed by atoms with E-state index in [4.69, 9.17) is 21.5 Å². The van der Waals surface area contributed by atoms with Gasteiger partial charge in [-0.05, 0) is 57.1 Å². The van der Waals surface area contributed by atoms with Crippen LogP contribution >= 0.6 is 11.6 Å². The van der Waals surface area contributed by atoms with Gasteiger partial charge in [0.15, 0.2) is 0 Å². The predicted molar refractivity (Wildman–Crippen MR) is 110 cm³/mol. The number of carbonyl (C=O) groups excluding carboxylic acids is 1. The van der Waals surface area contributed by atoms with Crippen molar-refractivity contribution in [2.24, 2.45) is 0 Å². The normalized spacial score (nSPS) is 12.4. The highest BCUT2D eigenvalue weighted by atomic mass is 35.5. The van der Waals surface area contributed by atoms with Crippen LogP contribution < -0.4 is 5.32 Å². The predicted octanol–water partition coefficient (Wildman–Crippen LogP) is 4.53. The van der Waals surface area contributed by atoms with Crippen molar-refractivity contribution in [3.05, 3.63) is 35.5 Å². The van der Waals surface area contributed by atoms with Crippen molar-refractivity contribution in [2.75, 3.05) is 31.6 Å². The highest BCUT2D eigenvalue weighted by Crippen LogP contribution is 2.25. The minimum Gasteiger partial charge on any atom is -0.395 e. The maximum Gasteiger partial charge on any atom is 0.446 e. The molecule has 29 heavy (non-hydrogen) atoms. The molecule has 0 fully saturated rings. The van der Waals surface area contributed by atoms with E-state index in [2.05, 4.69) is 29.0 Å². The summed E-state index contributed by atoms with van der Waals surface area (Å²) in [6.07, 6.45) is -1.70. The van der Waals surface area contributed by atoms with E-state index in [1.165, 1.54) is 0 Å². The first-order valence-corrected chi connectivity index (χ1v) is 9.75. The van der Waals surface area contributed by atoms with E-state index in [1.807, 2.05) is 30.5 Å². The molecular weight excluding hydrogens is 407 g/mol. The van der Waals surface area contributed by atoms with Gasteiger partial charge in [-0.1, -0.05) is 18.5 Å². The number of alkyl halides is 3. The van der Waals surface area contributed by atoms with Gasteiger partial charge in [0.1, 0.15) is 0 Å². The number of rotatable bonds is 9. The summed E-state index contributed by atoms with van der Waals surface area (Å²) < 4.78 is 31.2. The van der Waals surface area contributed by atoms with Gasteiger partial charge in [-0.25, -0.2) is 0 Å². The van der Waals surface area contributed by atoms with E-state index in [-0.39, 0.29) is 6.61 Å². The fraction of sp³-hybridized carbons (Fsp3) is 0.500. The number of aldehydes is 1. The van der Waals surface area contributed by atoms with Crippen LogP contribution in [0, 0.1) is 0 Å². The molecule has 0 aliphatic heterocycles. The van der Waals surface area contributed by atoms with Crippen LogP contribution in [0.25, 0.3) is 10.9 Å². The molecule has 1 aromatic heterocycles. The molecule has 0 saturated heterocycles. The summed E-state index contributed by atoms with van der Waals surface area (Å²) in [4.78, 5) is 15.3. The Morgan fingerprint density at radius 2 is 2.00 bits per heavy atom. The largest absolute Gasteiger partial charge is 0.446 e. The molecule has 0 saturated carbocycles. The summed E-state index contributed by atoms with van der Waals surface area (Å²) in [5.41, 5.74) is 2.01. The number of hydrogen-bond acceptors (Lipinski definition) is 5. The van der Waals surface area contributed by atoms with Crippen LogP contribution in [0.4, 0.5) is 18.9 Å². The van der Waals surface area contributed by atoms with Gasteiger partial charge < -0.3 is 15.3 Å². The lowest BCUT2D eigenvalue weighted by molar-refractivity contribution is -0.156. The Balaban J connectivity index is 0.000000612. The third kappa shape index (κ3) is 9.92. The first kappa shape index (κ1) is 25.1. The van der Waals surface area contributed by atoms with Crippen LogP contribution in [0.1, 0.15) is 26.7 Å². The van der Waals surface area contributed by atoms with Crippen molar-refractivity contribution in [1.29, 1.82) is 0 Å². The lowest BCUT2D eigenvalue weighted by Gasteiger charge is -2.21. The van der Waals surface area contributed by atoms with Gasteiger partial charge in [0.25, 0.3) is 0 Å². The Kier molecular flexibility index (Phi) is 10.9. The Morgan fingerprint density at radius 3 is 2.59 bits per heavy atom. The first-order valence-electron chi connectivity index (χ1n) is 9.37. The van der Waals surface area contributed by atoms with E-state index in [9.17, 15) is 13.2 Å². The zero-order chi connectivity index (χ0) is 21.9. The zero-order valence-electron chi connectivity index (χ0n) is 16.5. The van der Waals surface area contributed by atoms with Crippen molar-refractivity contribution in [2.45, 2.75) is 38.9 Å². The SMILES string of the molecule is CCN(CCO)CCCC(C)Nc1ccnc2cc(Cl)ccc12.O=CC(F)(F)F. The molecule has 0 amide bonds. The molecule has 0 bridgehead atoms. The highest BCUT2D eigenvalue weighted by Gasteiger charge is 2.24. The fourth-order valence-electron chi connectivity index (χ4n) is 2.78. The maximum absolute atomic E-state index is 10.4. The van der Waals surface area contributed by atoms with Crippen molar-refractivity contribution in [3.63, 3.8) is 0 Å². The molecule has 5 nitrogen and oxygen atoms in total. The van der Waals surface area contributed by atoms with Gasteiger partial charge in [-0.3, -0.25) is 9.78 Å². The minimum atomic E-state index is -4.64. The van der Waals surface area contributed by atoms with Crippen LogP contribution in [-0.2, 0) is 4.79 Å². The molecule has 0 spiro atoms. The standard InChI is InChI=1S/C18H26ClN3O.C2HF3O/c1-3-22(11-12-23)10-4-5-14(2)21-17-8-9-20-18-13-15(19)6-7-16(17)18;3-2(4,5)1-6/h6-9,13-14,23H,3-5,10-12H2,1-2H3,(H,20,21);1H. The van der Waals surface area contributed by atoms with Crippen LogP contribution in [0.3, 0.4) is 0 Å². The van der Waals surface area contributed by atoms with E-state index >= 15 is 0 Å². The first-order chi connectivity index (χ1) is 13.7. The van der Waals surface area contributed by atoms with Gasteiger partial charge in [0, 0.05) is 34.9 Å². The zero-order valence-corrected chi connectivity index (χ0v) is 17.3. The molecule has 1 heterocycles. The van der Waals surface area contributed by atoms with E-state index in [1.54, 1.807) is 0 Å². The van der Waals surface area contributed by atoms with Crippen LogP contribution in [0.5, 0.6) is 0 Å². The monoisotopic (exact) mass is 433 g/mol. The summed E-state index contributed by atoms with van der Waals surface area (Å²) in [5.74, 6) is 0. The fourth-order valence-corrected chi connectivity index (χ4v) is 2.94. The second-order valence-electron chi connectivity index (χ2n) is 6.52. The number of likely N-dealkylation sites (N-methyl/N-ethyl adjacent to an activating group) is 1. The number of fused-ring (bicyclic) bond motifs is 1. The molecule has 0 aliphatic carbocycles. The number of halogens is 4. The molecule has 0 radical (unpaired) electrons. The average molecular weight is 434 g/mol. The highest BCUT2D eigenvalue weighted by molar-refractivity contribution is 6.31. The summed E-state index contributed by atoms with van der Waals surface area (Å²) >= 11 is 6.03. The number of nitrogens with one attached hydrogen (secondary N) is 1. The Bertz CT molecular complexity index is 759. The molecule has 2 aromatic rings. The number of carbonyl (C=O) groups is 1. The maximum atomic E-state index is 10.4. The van der Waals surface area contributed by atoms with Gasteiger partial charge in [0.05, 0.1) is 12.1 Å². The Labute approximate surface area is 173 Å². The van der Waals surface area contributed by atoms with Crippen LogP contribution in [0.15, 0.2) is 30.5 Å². The van der Waals surface area contributed by atoms with Crippen LogP contribution in [0.2, 0.25) is 5.02 Å². The van der Waals surface area contributed by atoms with Crippen molar-refractivity contribution >= 4 is 34.5 Å². The topological polar surface area (TPSA) is 65.5 Å². The molecule has 162 valence electrons. The second-order valence-corrected chi connectivity index (χ2v) is 6.96. The van der Waals surface area contributed by atoms with Crippen molar-refractivity contribution in [3.8, 4) is 0 Å². The summed E-state index contributed by atoms with van der Waals surface area (Å²) in [6.45, 7) is 7.32. The van der Waals surface area contributed by atoms with Gasteiger partial charge in [0.2, 0.25) is 6.29 Å². The van der Waals surface area contributed by atoms with Gasteiger partial charge in [-0.2, -0.15) is 13.2 Å². The summed E-state index contributed by atoms with van der Waals surface area (Å²) in [7, 11) is 0. The quantitative estimate of drug-likeness (QED) is 0.569. The minimum absolute atomic E-state index is 0.229. The molecule has 1 unspecified atom stereocenters. The lowest BCUT2D eigenvalue weighted by atomic mass is 10.1. The average Bonchev–Trinajstić information content (AvgIpc) is 2.67. The number of aromatic nitrogens is 1. The van der Waals surface area contributed by atoms with Crippen molar-refractivity contribution < 1.29 is 23.1 Å². The van der Waals surface area contributed by atoms with Crippen LogP contribution in [-0.4, -0.2) is 59.7 Å². The van der Waals surface area contributed by atoms with E-state index < -0.39 is 12.5 Å². The Morgan fingerprint density at radius 1 is 1.31 bits per heavy atom. The molecule has 0 aliphatic rings. The number of pyridine rings is 1. The third-order valence-corrected chi connectivity index (χ3v) is 4.45. The molecule has 2 N–H and O–H groups in total. The molecule has 1 aromatic carbocycles. The number of aliphatic hydroxyl groups is 1. The number of benzene rings is 1. The smallest absolute Gasteiger partial charge is 0.395 e. The van der Waals surface area contributed by atoms with Gasteiger partial charge in [-0.15, -0.1) is 0 Å². The summed E-state index contributed by atoms with van der Waals surface area (Å²) in [5, 5.41) is 14.4. The second kappa shape index (κ2) is 12.6. The molecule has 2 rings (SSSR count). The number of nitrogens with zero attached hydrogens (tertiary/aromatic N) is 2. The van der Waals surface area contributed by atoms with E-state index in [0.29, 0.717) is 11.1 Å². The number of anilines is 1. The third-order valence-electron chi connectivity index (χ3n) is 4.22. The van der Waals surface area contributed by atoms with Gasteiger partial charge >= 0.3 is 6.18 Å². The Hall–Kier alpha value is -1.90. The van der Waals surface area contributed by atoms with E-state index in [0.717, 1.165) is 49.1 Å². The molecule has 1 atom stereocenters. The summed E-state index contributed by atoms with van der Waals surface area (Å²) in [6, 6.07) is 8.19. The lowest BCUT2D eigenvalue weighted by Crippen LogP contribution is -2.28. The molecular formula is C20H27ClF3N3O2.